The molecular formula is C9H15IN2O2. The molecule has 0 radical (unpaired) electrons. The predicted molar refractivity (Wildman–Crippen MR) is 61.3 cm³/mol. The van der Waals surface area contributed by atoms with Gasteiger partial charge in [-0.3, -0.25) is 3.53 Å². The monoisotopic (exact) mass is 310 g/mol. The molecule has 2 aliphatic heterocycles. The van der Waals surface area contributed by atoms with Crippen molar-refractivity contribution in [2.75, 3.05) is 19.7 Å². The SMILES string of the molecule is O=C(NI)N1CCC2(CCCO2)CC1. The van der Waals surface area contributed by atoms with Crippen LogP contribution in [-0.2, 0) is 4.74 Å². The van der Waals surface area contributed by atoms with Crippen molar-refractivity contribution in [2.24, 2.45) is 0 Å². The molecular weight excluding hydrogens is 295 g/mol. The van der Waals surface area contributed by atoms with Gasteiger partial charge in [-0.2, -0.15) is 0 Å². The highest BCUT2D eigenvalue weighted by Gasteiger charge is 2.39. The Morgan fingerprint density at radius 1 is 1.36 bits per heavy atom. The molecule has 0 aromatic rings. The number of nitrogens with one attached hydrogen (secondary N) is 1. The second kappa shape index (κ2) is 4.22. The number of nitrogens with zero attached hydrogens (tertiary/aromatic N) is 1. The third-order valence-electron chi connectivity index (χ3n) is 3.23. The predicted octanol–water partition coefficient (Wildman–Crippen LogP) is 1.69. The first kappa shape index (κ1) is 10.5. The van der Waals surface area contributed by atoms with Crippen LogP contribution >= 0.6 is 22.9 Å². The molecule has 0 bridgehead atoms. The van der Waals surface area contributed by atoms with Crippen LogP contribution in [0, 0.1) is 0 Å². The molecule has 2 fully saturated rings. The Morgan fingerprint density at radius 2 is 2.07 bits per heavy atom. The van der Waals surface area contributed by atoms with Gasteiger partial charge in [-0.15, -0.1) is 0 Å². The van der Waals surface area contributed by atoms with Crippen LogP contribution in [-0.4, -0.2) is 36.2 Å². The van der Waals surface area contributed by atoms with Crippen LogP contribution in [0.4, 0.5) is 4.79 Å². The number of carbonyl (C=O) groups excluding carboxylic acids is 1. The van der Waals surface area contributed by atoms with Crippen LogP contribution in [0.1, 0.15) is 25.7 Å². The van der Waals surface area contributed by atoms with E-state index in [-0.39, 0.29) is 11.6 Å². The van der Waals surface area contributed by atoms with Crippen molar-refractivity contribution in [3.8, 4) is 0 Å². The van der Waals surface area contributed by atoms with Gasteiger partial charge in [0.15, 0.2) is 0 Å². The fraction of sp³-hybridized carbons (Fsp3) is 0.889. The quantitative estimate of drug-likeness (QED) is 0.546. The van der Waals surface area contributed by atoms with E-state index in [0.29, 0.717) is 0 Å². The summed E-state index contributed by atoms with van der Waals surface area (Å²) in [6.45, 7) is 2.56. The minimum absolute atomic E-state index is 0.0263. The number of amides is 2. The summed E-state index contributed by atoms with van der Waals surface area (Å²) in [6, 6.07) is 0.0263. The molecule has 0 unspecified atom stereocenters. The van der Waals surface area contributed by atoms with Gasteiger partial charge in [0.2, 0.25) is 0 Å². The largest absolute Gasteiger partial charge is 0.375 e. The minimum Gasteiger partial charge on any atom is -0.375 e. The minimum atomic E-state index is 0.0263. The summed E-state index contributed by atoms with van der Waals surface area (Å²) in [6.07, 6.45) is 4.35. The van der Waals surface area contributed by atoms with E-state index in [2.05, 4.69) is 3.53 Å². The van der Waals surface area contributed by atoms with Crippen LogP contribution in [0.2, 0.25) is 0 Å². The summed E-state index contributed by atoms with van der Waals surface area (Å²) in [5, 5.41) is 0. The standard InChI is InChI=1S/C9H15IN2O2/c10-11-8(13)12-5-3-9(4-6-12)2-1-7-14-9/h1-7H2,(H,11,13). The third-order valence-corrected chi connectivity index (χ3v) is 3.69. The van der Waals surface area contributed by atoms with Crippen LogP contribution in [0.5, 0.6) is 0 Å². The maximum Gasteiger partial charge on any atom is 0.326 e. The van der Waals surface area contributed by atoms with E-state index in [0.717, 1.165) is 32.5 Å². The maximum atomic E-state index is 11.3. The fourth-order valence-corrected chi connectivity index (χ4v) is 2.67. The molecule has 2 aliphatic rings. The van der Waals surface area contributed by atoms with E-state index in [1.807, 2.05) is 27.8 Å². The summed E-state index contributed by atoms with van der Waals surface area (Å²) in [5.74, 6) is 0. The molecule has 0 aromatic carbocycles. The number of hydrogen-bond acceptors (Lipinski definition) is 2. The van der Waals surface area contributed by atoms with Gasteiger partial charge in [-0.05, 0) is 25.7 Å². The number of halogens is 1. The number of carbonyl (C=O) groups is 1. The first-order valence-electron chi connectivity index (χ1n) is 5.05. The lowest BCUT2D eigenvalue weighted by atomic mass is 9.89. The second-order valence-electron chi connectivity index (χ2n) is 4.02. The molecule has 2 saturated heterocycles. The molecule has 14 heavy (non-hydrogen) atoms. The number of piperidine rings is 1. The zero-order valence-electron chi connectivity index (χ0n) is 8.09. The molecule has 0 aliphatic carbocycles. The van der Waals surface area contributed by atoms with Gasteiger partial charge in [-0.25, -0.2) is 4.79 Å². The maximum absolute atomic E-state index is 11.3. The van der Waals surface area contributed by atoms with Crippen molar-refractivity contribution < 1.29 is 9.53 Å². The van der Waals surface area contributed by atoms with Crippen molar-refractivity contribution in [3.63, 3.8) is 0 Å². The lowest BCUT2D eigenvalue weighted by Crippen LogP contribution is -2.48. The van der Waals surface area contributed by atoms with Crippen LogP contribution < -0.4 is 3.53 Å². The van der Waals surface area contributed by atoms with E-state index < -0.39 is 0 Å². The van der Waals surface area contributed by atoms with Crippen LogP contribution in [0.25, 0.3) is 0 Å². The summed E-state index contributed by atoms with van der Waals surface area (Å²) in [5.41, 5.74) is 0.113. The number of likely N-dealkylation sites (tertiary alicyclic amines) is 1. The topological polar surface area (TPSA) is 41.6 Å². The fourth-order valence-electron chi connectivity index (χ4n) is 2.33. The third kappa shape index (κ3) is 1.98. The molecule has 2 rings (SSSR count). The smallest absolute Gasteiger partial charge is 0.326 e. The number of urea groups is 1. The molecule has 0 atom stereocenters. The Bertz CT molecular complexity index is 219. The highest BCUT2D eigenvalue weighted by molar-refractivity contribution is 14.1. The summed E-state index contributed by atoms with van der Waals surface area (Å²) >= 11 is 1.88. The van der Waals surface area contributed by atoms with Gasteiger partial charge in [0, 0.05) is 19.7 Å². The Balaban J connectivity index is 1.88. The van der Waals surface area contributed by atoms with E-state index in [1.54, 1.807) is 0 Å². The lowest BCUT2D eigenvalue weighted by Gasteiger charge is -2.38. The molecule has 0 aromatic heterocycles. The van der Waals surface area contributed by atoms with E-state index >= 15 is 0 Å². The van der Waals surface area contributed by atoms with Crippen LogP contribution in [0.15, 0.2) is 0 Å². The Labute approximate surface area is 97.9 Å². The van der Waals surface area contributed by atoms with Gasteiger partial charge >= 0.3 is 6.03 Å². The van der Waals surface area contributed by atoms with E-state index in [1.165, 1.54) is 12.8 Å². The number of ether oxygens (including phenoxy) is 1. The molecule has 1 spiro atoms. The number of hydrogen-bond donors (Lipinski definition) is 1. The Kier molecular flexibility index (Phi) is 3.16. The number of rotatable bonds is 0. The highest BCUT2D eigenvalue weighted by atomic mass is 127. The second-order valence-corrected chi connectivity index (χ2v) is 4.56. The summed E-state index contributed by atoms with van der Waals surface area (Å²) in [7, 11) is 0. The zero-order chi connectivity index (χ0) is 10.0. The van der Waals surface area contributed by atoms with Gasteiger partial charge < -0.3 is 9.64 Å². The van der Waals surface area contributed by atoms with E-state index in [9.17, 15) is 4.79 Å². The first-order valence-corrected chi connectivity index (χ1v) is 6.13. The van der Waals surface area contributed by atoms with Crippen molar-refractivity contribution >= 4 is 28.9 Å². The highest BCUT2D eigenvalue weighted by Crippen LogP contribution is 2.35. The van der Waals surface area contributed by atoms with Gasteiger partial charge in [0.1, 0.15) is 0 Å². The molecule has 0 saturated carbocycles. The molecule has 4 nitrogen and oxygen atoms in total. The van der Waals surface area contributed by atoms with Crippen molar-refractivity contribution in [2.45, 2.75) is 31.3 Å². The van der Waals surface area contributed by atoms with Crippen molar-refractivity contribution in [1.29, 1.82) is 0 Å². The normalized spacial score (nSPS) is 25.4. The zero-order valence-corrected chi connectivity index (χ0v) is 10.2. The summed E-state index contributed by atoms with van der Waals surface area (Å²) < 4.78 is 8.41. The first-order chi connectivity index (χ1) is 6.76. The molecule has 5 heteroatoms. The average molecular weight is 310 g/mol. The van der Waals surface area contributed by atoms with Gasteiger partial charge in [-0.1, -0.05) is 0 Å². The van der Waals surface area contributed by atoms with Crippen molar-refractivity contribution in [1.82, 2.24) is 8.43 Å². The van der Waals surface area contributed by atoms with Gasteiger partial charge in [0.05, 0.1) is 28.5 Å². The van der Waals surface area contributed by atoms with Gasteiger partial charge in [0.25, 0.3) is 0 Å². The Hall–Kier alpha value is -0.0400. The Morgan fingerprint density at radius 3 is 2.57 bits per heavy atom. The average Bonchev–Trinajstić information content (AvgIpc) is 2.67. The van der Waals surface area contributed by atoms with Crippen molar-refractivity contribution in [3.05, 3.63) is 0 Å². The lowest BCUT2D eigenvalue weighted by molar-refractivity contribution is -0.0357. The molecule has 2 heterocycles. The summed E-state index contributed by atoms with van der Waals surface area (Å²) in [4.78, 5) is 13.2. The van der Waals surface area contributed by atoms with Crippen LogP contribution in [0.3, 0.4) is 0 Å². The van der Waals surface area contributed by atoms with E-state index in [4.69, 9.17) is 4.74 Å². The molecule has 1 N–H and O–H groups in total. The molecule has 80 valence electrons. The molecule has 2 amide bonds.